The number of ether oxygens (including phenoxy) is 1. The summed E-state index contributed by atoms with van der Waals surface area (Å²) in [4.78, 5) is 2.70. The molecule has 0 spiro atoms. The number of benzene rings is 1. The normalized spacial score (nSPS) is 9.50. The molecule has 1 rings (SSSR count). The van der Waals surface area contributed by atoms with Crippen LogP contribution in [0.25, 0.3) is 10.4 Å². The van der Waals surface area contributed by atoms with E-state index in [2.05, 4.69) is 10.0 Å². The van der Waals surface area contributed by atoms with Crippen LogP contribution < -0.4 is 0 Å². The molecule has 4 nitrogen and oxygen atoms in total. The smallest absolute Gasteiger partial charge is 0.0716 e. The largest absolute Gasteiger partial charge is 0.377 e. The van der Waals surface area contributed by atoms with E-state index in [1.54, 1.807) is 0 Å². The van der Waals surface area contributed by atoms with Crippen LogP contribution in [0.3, 0.4) is 0 Å². The molecule has 0 fully saturated rings. The van der Waals surface area contributed by atoms with Crippen molar-refractivity contribution in [3.05, 3.63) is 45.8 Å². The summed E-state index contributed by atoms with van der Waals surface area (Å²) in [6.45, 7) is 3.74. The zero-order chi connectivity index (χ0) is 10.2. The minimum absolute atomic E-state index is 0.408. The van der Waals surface area contributed by atoms with Crippen LogP contribution in [0.4, 0.5) is 0 Å². The summed E-state index contributed by atoms with van der Waals surface area (Å²) < 4.78 is 5.26. The standard InChI is InChI=1S/C10H13N3O/c1-2-14-8-10-5-3-9(4-6-10)7-12-13-11/h3-6H,2,7-8H2,1H3. The van der Waals surface area contributed by atoms with Crippen molar-refractivity contribution < 1.29 is 4.74 Å². The van der Waals surface area contributed by atoms with Gasteiger partial charge in [-0.3, -0.25) is 0 Å². The van der Waals surface area contributed by atoms with Gasteiger partial charge in [-0.05, 0) is 23.6 Å². The van der Waals surface area contributed by atoms with Crippen LogP contribution in [0, 0.1) is 0 Å². The van der Waals surface area contributed by atoms with Gasteiger partial charge < -0.3 is 4.74 Å². The summed E-state index contributed by atoms with van der Waals surface area (Å²) in [6, 6.07) is 7.86. The van der Waals surface area contributed by atoms with Gasteiger partial charge in [-0.25, -0.2) is 0 Å². The minimum Gasteiger partial charge on any atom is -0.377 e. The quantitative estimate of drug-likeness (QED) is 0.401. The van der Waals surface area contributed by atoms with Gasteiger partial charge in [-0.1, -0.05) is 29.4 Å². The van der Waals surface area contributed by atoms with Gasteiger partial charge in [0.25, 0.3) is 0 Å². The Morgan fingerprint density at radius 1 is 1.29 bits per heavy atom. The Hall–Kier alpha value is -1.51. The van der Waals surface area contributed by atoms with E-state index in [-0.39, 0.29) is 0 Å². The molecule has 0 saturated carbocycles. The van der Waals surface area contributed by atoms with Crippen LogP contribution in [0.1, 0.15) is 18.1 Å². The van der Waals surface area contributed by atoms with Crippen molar-refractivity contribution in [1.82, 2.24) is 0 Å². The molecule has 0 aromatic heterocycles. The molecule has 1 aromatic rings. The number of rotatable bonds is 5. The highest BCUT2D eigenvalue weighted by molar-refractivity contribution is 5.21. The van der Waals surface area contributed by atoms with Crippen LogP contribution in [0.2, 0.25) is 0 Å². The van der Waals surface area contributed by atoms with Crippen LogP contribution in [-0.4, -0.2) is 6.61 Å². The molecule has 0 radical (unpaired) electrons. The van der Waals surface area contributed by atoms with Crippen molar-refractivity contribution in [3.8, 4) is 0 Å². The van der Waals surface area contributed by atoms with Gasteiger partial charge in [-0.15, -0.1) is 0 Å². The molecule has 4 heteroatoms. The molecule has 0 N–H and O–H groups in total. The first-order valence-corrected chi connectivity index (χ1v) is 4.53. The average molecular weight is 191 g/mol. The highest BCUT2D eigenvalue weighted by Crippen LogP contribution is 2.06. The Kier molecular flexibility index (Phi) is 4.55. The SMILES string of the molecule is CCOCc1ccc(CN=[N+]=[N-])cc1. The third-order valence-corrected chi connectivity index (χ3v) is 1.81. The molecule has 14 heavy (non-hydrogen) atoms. The van der Waals surface area contributed by atoms with Crippen LogP contribution in [0.15, 0.2) is 29.4 Å². The van der Waals surface area contributed by atoms with Crippen molar-refractivity contribution in [3.63, 3.8) is 0 Å². The maximum atomic E-state index is 8.14. The lowest BCUT2D eigenvalue weighted by molar-refractivity contribution is 0.134. The Balaban J connectivity index is 2.54. The monoisotopic (exact) mass is 191 g/mol. The van der Waals surface area contributed by atoms with Crippen molar-refractivity contribution >= 4 is 0 Å². The maximum Gasteiger partial charge on any atom is 0.0716 e. The van der Waals surface area contributed by atoms with E-state index in [1.165, 1.54) is 0 Å². The molecule has 0 aliphatic rings. The Bertz CT molecular complexity index is 315. The molecule has 74 valence electrons. The molecule has 0 amide bonds. The maximum absolute atomic E-state index is 8.14. The highest BCUT2D eigenvalue weighted by atomic mass is 16.5. The first-order valence-electron chi connectivity index (χ1n) is 4.53. The number of azide groups is 1. The lowest BCUT2D eigenvalue weighted by atomic mass is 10.1. The molecule has 0 unspecified atom stereocenters. The van der Waals surface area contributed by atoms with Crippen molar-refractivity contribution in [2.24, 2.45) is 5.11 Å². The van der Waals surface area contributed by atoms with Gasteiger partial charge in [0.05, 0.1) is 13.2 Å². The van der Waals surface area contributed by atoms with Gasteiger partial charge in [0.2, 0.25) is 0 Å². The van der Waals surface area contributed by atoms with Crippen LogP contribution in [-0.2, 0) is 17.9 Å². The minimum atomic E-state index is 0.408. The van der Waals surface area contributed by atoms with E-state index in [0.717, 1.165) is 17.7 Å². The fraction of sp³-hybridized carbons (Fsp3) is 0.400. The van der Waals surface area contributed by atoms with Gasteiger partial charge in [-0.2, -0.15) is 0 Å². The van der Waals surface area contributed by atoms with Gasteiger partial charge in [0.15, 0.2) is 0 Å². The molecular formula is C10H13N3O. The van der Waals surface area contributed by atoms with E-state index in [9.17, 15) is 0 Å². The van der Waals surface area contributed by atoms with E-state index < -0.39 is 0 Å². The molecular weight excluding hydrogens is 178 g/mol. The van der Waals surface area contributed by atoms with Crippen LogP contribution >= 0.6 is 0 Å². The predicted octanol–water partition coefficient (Wildman–Crippen LogP) is 3.03. The lowest BCUT2D eigenvalue weighted by Crippen LogP contribution is -1.91. The zero-order valence-corrected chi connectivity index (χ0v) is 8.18. The van der Waals surface area contributed by atoms with Crippen molar-refractivity contribution in [1.29, 1.82) is 0 Å². The average Bonchev–Trinajstić information content (AvgIpc) is 2.25. The molecule has 1 aromatic carbocycles. The topological polar surface area (TPSA) is 58.0 Å². The second kappa shape index (κ2) is 6.02. The lowest BCUT2D eigenvalue weighted by Gasteiger charge is -2.02. The first kappa shape index (κ1) is 10.6. The molecule has 0 bridgehead atoms. The Morgan fingerprint density at radius 2 is 1.93 bits per heavy atom. The summed E-state index contributed by atoms with van der Waals surface area (Å²) in [5.41, 5.74) is 10.3. The van der Waals surface area contributed by atoms with E-state index in [1.807, 2.05) is 31.2 Å². The Morgan fingerprint density at radius 3 is 2.50 bits per heavy atom. The second-order valence-electron chi connectivity index (χ2n) is 2.84. The molecule has 0 saturated heterocycles. The molecule has 0 aliphatic heterocycles. The summed E-state index contributed by atoms with van der Waals surface area (Å²) in [5, 5.41) is 3.48. The van der Waals surface area contributed by atoms with Gasteiger partial charge in [0, 0.05) is 11.5 Å². The van der Waals surface area contributed by atoms with Gasteiger partial charge in [0.1, 0.15) is 0 Å². The summed E-state index contributed by atoms with van der Waals surface area (Å²) in [5.74, 6) is 0. The molecule has 0 aliphatic carbocycles. The van der Waals surface area contributed by atoms with Crippen LogP contribution in [0.5, 0.6) is 0 Å². The number of hydrogen-bond donors (Lipinski definition) is 0. The fourth-order valence-corrected chi connectivity index (χ4v) is 1.07. The fourth-order valence-electron chi connectivity index (χ4n) is 1.07. The van der Waals surface area contributed by atoms with E-state index in [0.29, 0.717) is 13.2 Å². The third kappa shape index (κ3) is 3.47. The summed E-state index contributed by atoms with van der Waals surface area (Å²) in [6.07, 6.45) is 0. The summed E-state index contributed by atoms with van der Waals surface area (Å²) >= 11 is 0. The van der Waals surface area contributed by atoms with Gasteiger partial charge >= 0.3 is 0 Å². The summed E-state index contributed by atoms with van der Waals surface area (Å²) in [7, 11) is 0. The van der Waals surface area contributed by atoms with E-state index >= 15 is 0 Å². The second-order valence-corrected chi connectivity index (χ2v) is 2.84. The predicted molar refractivity (Wildman–Crippen MR) is 54.6 cm³/mol. The third-order valence-electron chi connectivity index (χ3n) is 1.81. The van der Waals surface area contributed by atoms with Crippen molar-refractivity contribution in [2.75, 3.05) is 6.61 Å². The number of nitrogens with zero attached hydrogens (tertiary/aromatic N) is 3. The molecule has 0 heterocycles. The van der Waals surface area contributed by atoms with E-state index in [4.69, 9.17) is 10.3 Å². The Labute approximate surface area is 83.1 Å². The first-order chi connectivity index (χ1) is 6.86. The van der Waals surface area contributed by atoms with Crippen molar-refractivity contribution in [2.45, 2.75) is 20.1 Å². The zero-order valence-electron chi connectivity index (χ0n) is 8.18. The molecule has 0 atom stereocenters. The number of hydrogen-bond acceptors (Lipinski definition) is 2. The highest BCUT2D eigenvalue weighted by Gasteiger charge is 1.93.